The lowest BCUT2D eigenvalue weighted by atomic mass is 10.3. The molecule has 0 bridgehead atoms. The lowest BCUT2D eigenvalue weighted by Gasteiger charge is -2.07. The van der Waals surface area contributed by atoms with Crippen LogP contribution in [0.4, 0.5) is 5.69 Å². The van der Waals surface area contributed by atoms with Gasteiger partial charge in [0.05, 0.1) is 17.3 Å². The summed E-state index contributed by atoms with van der Waals surface area (Å²) in [4.78, 5) is 0. The van der Waals surface area contributed by atoms with Crippen LogP contribution < -0.4 is 10.5 Å². The number of furan rings is 1. The van der Waals surface area contributed by atoms with E-state index in [0.717, 1.165) is 0 Å². The average molecular weight is 321 g/mol. The Kier molecular flexibility index (Phi) is 4.05. The van der Waals surface area contributed by atoms with Gasteiger partial charge in [-0.05, 0) is 30.3 Å². The third-order valence-electron chi connectivity index (χ3n) is 2.28. The summed E-state index contributed by atoms with van der Waals surface area (Å²) in [6, 6.07) is 7.26. The molecule has 0 amide bonds. The molecule has 0 unspecified atom stereocenters. The number of anilines is 1. The fourth-order valence-electron chi connectivity index (χ4n) is 1.38. The summed E-state index contributed by atoms with van der Waals surface area (Å²) < 4.78 is 31.5. The second kappa shape index (κ2) is 5.42. The molecule has 102 valence electrons. The number of benzene rings is 1. The number of sulfonamides is 1. The predicted octanol–water partition coefficient (Wildman–Crippen LogP) is 2.85. The van der Waals surface area contributed by atoms with Gasteiger partial charge in [0.15, 0.2) is 0 Å². The van der Waals surface area contributed by atoms with Crippen LogP contribution >= 0.6 is 23.2 Å². The highest BCUT2D eigenvalue weighted by atomic mass is 35.5. The van der Waals surface area contributed by atoms with Crippen molar-refractivity contribution in [2.24, 2.45) is 5.73 Å². The van der Waals surface area contributed by atoms with E-state index in [1.165, 1.54) is 30.3 Å². The fourth-order valence-corrected chi connectivity index (χ4v) is 2.92. The molecule has 19 heavy (non-hydrogen) atoms. The smallest absolute Gasteiger partial charge is 0.295 e. The van der Waals surface area contributed by atoms with Gasteiger partial charge in [0.1, 0.15) is 5.76 Å². The van der Waals surface area contributed by atoms with Crippen LogP contribution in [-0.2, 0) is 16.6 Å². The second-order valence-electron chi connectivity index (χ2n) is 3.65. The first-order chi connectivity index (χ1) is 8.92. The molecule has 0 saturated carbocycles. The predicted molar refractivity (Wildman–Crippen MR) is 73.9 cm³/mol. The molecule has 0 spiro atoms. The third kappa shape index (κ3) is 3.22. The van der Waals surface area contributed by atoms with Gasteiger partial charge in [-0.3, -0.25) is 4.72 Å². The van der Waals surface area contributed by atoms with E-state index < -0.39 is 10.0 Å². The molecular formula is C11H10Cl2N2O3S. The first-order valence-electron chi connectivity index (χ1n) is 5.19. The molecule has 1 aromatic carbocycles. The van der Waals surface area contributed by atoms with Gasteiger partial charge in [-0.2, -0.15) is 8.42 Å². The highest BCUT2D eigenvalue weighted by molar-refractivity contribution is 7.92. The van der Waals surface area contributed by atoms with E-state index in [4.69, 9.17) is 33.4 Å². The zero-order chi connectivity index (χ0) is 14.0. The molecule has 0 fully saturated rings. The zero-order valence-electron chi connectivity index (χ0n) is 9.56. The molecule has 0 saturated heterocycles. The van der Waals surface area contributed by atoms with Crippen molar-refractivity contribution in [1.82, 2.24) is 0 Å². The molecule has 0 radical (unpaired) electrons. The van der Waals surface area contributed by atoms with Gasteiger partial charge in [0, 0.05) is 5.02 Å². The molecule has 5 nitrogen and oxygen atoms in total. The maximum Gasteiger partial charge on any atom is 0.295 e. The average Bonchev–Trinajstić information content (AvgIpc) is 2.82. The van der Waals surface area contributed by atoms with Crippen LogP contribution in [0.3, 0.4) is 0 Å². The summed E-state index contributed by atoms with van der Waals surface area (Å²) in [5.74, 6) is 0.377. The van der Waals surface area contributed by atoms with Gasteiger partial charge in [0.2, 0.25) is 5.09 Å². The Hall–Kier alpha value is -1.21. The Labute approximate surface area is 120 Å². The SMILES string of the molecule is NCc1ccc(S(=O)(=O)Nc2ccc(Cl)cc2Cl)o1. The van der Waals surface area contributed by atoms with Gasteiger partial charge in [-0.1, -0.05) is 23.2 Å². The van der Waals surface area contributed by atoms with Crippen LogP contribution in [0.2, 0.25) is 10.0 Å². The van der Waals surface area contributed by atoms with Gasteiger partial charge in [-0.15, -0.1) is 0 Å². The van der Waals surface area contributed by atoms with Gasteiger partial charge >= 0.3 is 0 Å². The minimum atomic E-state index is -3.84. The van der Waals surface area contributed by atoms with Gasteiger partial charge in [0.25, 0.3) is 10.0 Å². The summed E-state index contributed by atoms with van der Waals surface area (Å²) >= 11 is 11.6. The number of halogens is 2. The van der Waals surface area contributed by atoms with Crippen molar-refractivity contribution in [3.8, 4) is 0 Å². The van der Waals surface area contributed by atoms with Crippen molar-refractivity contribution in [2.75, 3.05) is 4.72 Å². The lowest BCUT2D eigenvalue weighted by Crippen LogP contribution is -2.12. The summed E-state index contributed by atoms with van der Waals surface area (Å²) in [7, 11) is -3.84. The van der Waals surface area contributed by atoms with E-state index >= 15 is 0 Å². The van der Waals surface area contributed by atoms with Crippen LogP contribution in [0.25, 0.3) is 0 Å². The van der Waals surface area contributed by atoms with E-state index in [2.05, 4.69) is 4.72 Å². The van der Waals surface area contributed by atoms with Crippen molar-refractivity contribution in [3.63, 3.8) is 0 Å². The molecule has 2 rings (SSSR count). The minimum absolute atomic E-state index is 0.122. The first-order valence-corrected chi connectivity index (χ1v) is 7.43. The second-order valence-corrected chi connectivity index (χ2v) is 6.11. The monoisotopic (exact) mass is 320 g/mol. The quantitative estimate of drug-likeness (QED) is 0.907. The standard InChI is InChI=1S/C11H10Cl2N2O3S/c12-7-1-3-10(9(13)5-7)15-19(16,17)11-4-2-8(6-14)18-11/h1-5,15H,6,14H2. The maximum absolute atomic E-state index is 12.0. The number of hydrogen-bond acceptors (Lipinski definition) is 4. The molecule has 0 aliphatic rings. The molecule has 0 atom stereocenters. The summed E-state index contributed by atoms with van der Waals surface area (Å²) in [6.07, 6.45) is 0. The third-order valence-corrected chi connectivity index (χ3v) is 4.06. The van der Waals surface area contributed by atoms with Crippen LogP contribution in [0.1, 0.15) is 5.76 Å². The zero-order valence-corrected chi connectivity index (χ0v) is 11.9. The molecule has 1 heterocycles. The van der Waals surface area contributed by atoms with E-state index in [1.807, 2.05) is 0 Å². The van der Waals surface area contributed by atoms with Crippen LogP contribution in [0, 0.1) is 0 Å². The molecule has 0 aliphatic carbocycles. The van der Waals surface area contributed by atoms with Crippen molar-refractivity contribution in [2.45, 2.75) is 11.6 Å². The fraction of sp³-hybridized carbons (Fsp3) is 0.0909. The molecular weight excluding hydrogens is 311 g/mol. The van der Waals surface area contributed by atoms with Crippen molar-refractivity contribution in [1.29, 1.82) is 0 Å². The van der Waals surface area contributed by atoms with Crippen LogP contribution in [-0.4, -0.2) is 8.42 Å². The lowest BCUT2D eigenvalue weighted by molar-refractivity contribution is 0.417. The molecule has 2 aromatic rings. The molecule has 3 N–H and O–H groups in total. The number of rotatable bonds is 4. The Morgan fingerprint density at radius 3 is 2.53 bits per heavy atom. The molecule has 8 heteroatoms. The molecule has 0 aliphatic heterocycles. The Morgan fingerprint density at radius 2 is 1.95 bits per heavy atom. The van der Waals surface area contributed by atoms with E-state index in [0.29, 0.717) is 10.8 Å². The highest BCUT2D eigenvalue weighted by Gasteiger charge is 2.19. The summed E-state index contributed by atoms with van der Waals surface area (Å²) in [6.45, 7) is 0.122. The Bertz CT molecular complexity index is 698. The molecule has 1 aromatic heterocycles. The van der Waals surface area contributed by atoms with Crippen molar-refractivity contribution >= 4 is 38.9 Å². The topological polar surface area (TPSA) is 85.3 Å². The van der Waals surface area contributed by atoms with E-state index in [9.17, 15) is 8.42 Å². The summed E-state index contributed by atoms with van der Waals surface area (Å²) in [5.41, 5.74) is 5.57. The van der Waals surface area contributed by atoms with Gasteiger partial charge in [-0.25, -0.2) is 0 Å². The largest absolute Gasteiger partial charge is 0.446 e. The first kappa shape index (κ1) is 14.2. The van der Waals surface area contributed by atoms with Crippen molar-refractivity contribution in [3.05, 3.63) is 46.1 Å². The minimum Gasteiger partial charge on any atom is -0.446 e. The van der Waals surface area contributed by atoms with E-state index in [-0.39, 0.29) is 22.3 Å². The van der Waals surface area contributed by atoms with E-state index in [1.54, 1.807) is 0 Å². The summed E-state index contributed by atoms with van der Waals surface area (Å²) in [5, 5.41) is 0.386. The van der Waals surface area contributed by atoms with Crippen LogP contribution in [0.15, 0.2) is 39.8 Å². The maximum atomic E-state index is 12.0. The number of hydrogen-bond donors (Lipinski definition) is 2. The van der Waals surface area contributed by atoms with Crippen LogP contribution in [0.5, 0.6) is 0 Å². The normalized spacial score (nSPS) is 11.5. The highest BCUT2D eigenvalue weighted by Crippen LogP contribution is 2.27. The van der Waals surface area contributed by atoms with Crippen molar-refractivity contribution < 1.29 is 12.8 Å². The Morgan fingerprint density at radius 1 is 1.21 bits per heavy atom. The number of nitrogens with one attached hydrogen (secondary N) is 1. The Balaban J connectivity index is 2.30. The van der Waals surface area contributed by atoms with Gasteiger partial charge < -0.3 is 10.2 Å². The number of nitrogens with two attached hydrogens (primary N) is 1.